The second kappa shape index (κ2) is 6.55. The van der Waals surface area contributed by atoms with Crippen molar-refractivity contribution in [3.8, 4) is 0 Å². The molecule has 0 aliphatic carbocycles. The maximum atomic E-state index is 13.7. The highest BCUT2D eigenvalue weighted by Crippen LogP contribution is 2.36. The lowest BCUT2D eigenvalue weighted by Gasteiger charge is -2.10. The first-order valence-electron chi connectivity index (χ1n) is 5.28. The van der Waals surface area contributed by atoms with E-state index in [9.17, 15) is 9.18 Å². The molecule has 1 aromatic heterocycles. The van der Waals surface area contributed by atoms with Crippen LogP contribution in [-0.4, -0.2) is 10.9 Å². The van der Waals surface area contributed by atoms with Crippen LogP contribution < -0.4 is 5.32 Å². The minimum atomic E-state index is -0.804. The van der Waals surface area contributed by atoms with Crippen LogP contribution in [0.5, 0.6) is 0 Å². The molecule has 3 nitrogen and oxygen atoms in total. The van der Waals surface area contributed by atoms with Crippen molar-refractivity contribution in [3.63, 3.8) is 0 Å². The van der Waals surface area contributed by atoms with Gasteiger partial charge in [0.25, 0.3) is 5.91 Å². The molecule has 2 rings (SSSR count). The highest BCUT2D eigenvalue weighted by molar-refractivity contribution is 6.52. The van der Waals surface area contributed by atoms with Gasteiger partial charge in [0.15, 0.2) is 5.82 Å². The molecular weight excluding hydrogens is 384 g/mol. The molecule has 2 aromatic rings. The van der Waals surface area contributed by atoms with Crippen molar-refractivity contribution in [2.75, 3.05) is 5.32 Å². The number of hydrogen-bond donors (Lipinski definition) is 1. The fraction of sp³-hybridized carbons (Fsp3) is 0. The number of carbonyl (C=O) groups is 1. The molecule has 1 aromatic carbocycles. The summed E-state index contributed by atoms with van der Waals surface area (Å²) in [6, 6.07) is 4.14. The van der Waals surface area contributed by atoms with Crippen LogP contribution >= 0.6 is 58.0 Å². The Morgan fingerprint density at radius 2 is 1.71 bits per heavy atom. The van der Waals surface area contributed by atoms with E-state index in [2.05, 4.69) is 10.3 Å². The van der Waals surface area contributed by atoms with Gasteiger partial charge in [-0.15, -0.1) is 0 Å². The molecular formula is C12H4Cl5FN2O. The predicted octanol–water partition coefficient (Wildman–Crippen LogP) is 5.74. The summed E-state index contributed by atoms with van der Waals surface area (Å²) in [6.45, 7) is 0. The number of aromatic nitrogens is 1. The maximum Gasteiger partial charge on any atom is 0.276 e. The number of halogens is 6. The van der Waals surface area contributed by atoms with Gasteiger partial charge >= 0.3 is 0 Å². The zero-order valence-electron chi connectivity index (χ0n) is 9.86. The van der Waals surface area contributed by atoms with Crippen molar-refractivity contribution in [2.24, 2.45) is 0 Å². The highest BCUT2D eigenvalue weighted by Gasteiger charge is 2.21. The van der Waals surface area contributed by atoms with Crippen LogP contribution in [0.2, 0.25) is 25.2 Å². The normalized spacial score (nSPS) is 10.6. The van der Waals surface area contributed by atoms with E-state index in [1.54, 1.807) is 0 Å². The molecule has 0 radical (unpaired) electrons. The monoisotopic (exact) mass is 386 g/mol. The van der Waals surface area contributed by atoms with Gasteiger partial charge in [0.1, 0.15) is 10.8 Å². The largest absolute Gasteiger partial charge is 0.318 e. The van der Waals surface area contributed by atoms with Gasteiger partial charge in [-0.1, -0.05) is 64.1 Å². The summed E-state index contributed by atoms with van der Waals surface area (Å²) in [5, 5.41) is 1.56. The number of amides is 1. The van der Waals surface area contributed by atoms with Gasteiger partial charge in [0, 0.05) is 0 Å². The van der Waals surface area contributed by atoms with E-state index in [-0.39, 0.29) is 36.6 Å². The quantitative estimate of drug-likeness (QED) is 0.667. The zero-order valence-corrected chi connectivity index (χ0v) is 13.6. The van der Waals surface area contributed by atoms with Crippen LogP contribution in [0.3, 0.4) is 0 Å². The Kier molecular flexibility index (Phi) is 5.17. The number of anilines is 1. The third-order valence-electron chi connectivity index (χ3n) is 2.40. The Morgan fingerprint density at radius 1 is 1.05 bits per heavy atom. The Morgan fingerprint density at radius 3 is 2.38 bits per heavy atom. The Hall–Kier alpha value is -0.780. The Labute approximate surface area is 143 Å². The molecule has 0 saturated carbocycles. The second-order valence-corrected chi connectivity index (χ2v) is 5.65. The molecule has 0 fully saturated rings. The molecule has 0 atom stereocenters. The fourth-order valence-corrected chi connectivity index (χ4v) is 2.41. The van der Waals surface area contributed by atoms with Crippen molar-refractivity contribution in [2.45, 2.75) is 0 Å². The first kappa shape index (κ1) is 16.6. The summed E-state index contributed by atoms with van der Waals surface area (Å²) in [5.41, 5.74) is -0.414. The van der Waals surface area contributed by atoms with Gasteiger partial charge in [-0.25, -0.2) is 9.37 Å². The van der Waals surface area contributed by atoms with E-state index in [1.165, 1.54) is 18.2 Å². The van der Waals surface area contributed by atoms with Gasteiger partial charge < -0.3 is 5.32 Å². The molecule has 1 amide bonds. The number of hydrogen-bond acceptors (Lipinski definition) is 2. The number of nitrogens with one attached hydrogen (secondary N) is 1. The highest BCUT2D eigenvalue weighted by atomic mass is 35.5. The van der Waals surface area contributed by atoms with Crippen molar-refractivity contribution in [1.29, 1.82) is 0 Å². The van der Waals surface area contributed by atoms with Crippen molar-refractivity contribution >= 4 is 69.6 Å². The molecule has 0 bridgehead atoms. The van der Waals surface area contributed by atoms with Gasteiger partial charge in [0.2, 0.25) is 0 Å². The standard InChI is InChI=1S/C12H4Cl5FN2O/c13-4-2-1-3-5(9(4)18)19-12(21)10-7(15)6(14)8(16)11(17)20-10/h1-3H,(H,19,21). The lowest BCUT2D eigenvalue weighted by Crippen LogP contribution is -2.16. The second-order valence-electron chi connectivity index (χ2n) is 3.75. The summed E-state index contributed by atoms with van der Waals surface area (Å²) >= 11 is 28.8. The van der Waals surface area contributed by atoms with Gasteiger partial charge in [0.05, 0.1) is 25.8 Å². The van der Waals surface area contributed by atoms with E-state index < -0.39 is 11.7 Å². The molecule has 21 heavy (non-hydrogen) atoms. The van der Waals surface area contributed by atoms with E-state index in [1.807, 2.05) is 0 Å². The van der Waals surface area contributed by atoms with Gasteiger partial charge in [-0.05, 0) is 12.1 Å². The summed E-state index contributed by atoms with van der Waals surface area (Å²) in [7, 11) is 0. The summed E-state index contributed by atoms with van der Waals surface area (Å²) in [4.78, 5) is 15.8. The Balaban J connectivity index is 2.40. The first-order chi connectivity index (χ1) is 9.82. The molecule has 0 saturated heterocycles. The topological polar surface area (TPSA) is 42.0 Å². The maximum absolute atomic E-state index is 13.7. The first-order valence-corrected chi connectivity index (χ1v) is 7.17. The number of rotatable bonds is 2. The summed E-state index contributed by atoms with van der Waals surface area (Å²) in [6.07, 6.45) is 0. The van der Waals surface area contributed by atoms with Crippen molar-refractivity contribution in [1.82, 2.24) is 4.98 Å². The minimum absolute atomic E-state index is 0.0752. The molecule has 0 aliphatic rings. The minimum Gasteiger partial charge on any atom is -0.318 e. The average molecular weight is 388 g/mol. The zero-order chi connectivity index (χ0) is 15.7. The van der Waals surface area contributed by atoms with Gasteiger partial charge in [-0.2, -0.15) is 0 Å². The van der Waals surface area contributed by atoms with E-state index >= 15 is 0 Å². The van der Waals surface area contributed by atoms with Crippen LogP contribution in [0.4, 0.5) is 10.1 Å². The number of benzene rings is 1. The lowest BCUT2D eigenvalue weighted by molar-refractivity contribution is 0.102. The lowest BCUT2D eigenvalue weighted by atomic mass is 10.2. The average Bonchev–Trinajstić information content (AvgIpc) is 2.45. The molecule has 0 unspecified atom stereocenters. The van der Waals surface area contributed by atoms with E-state index in [0.717, 1.165) is 0 Å². The van der Waals surface area contributed by atoms with Crippen LogP contribution in [0, 0.1) is 5.82 Å². The fourth-order valence-electron chi connectivity index (χ4n) is 1.42. The number of pyridine rings is 1. The molecule has 0 aliphatic heterocycles. The molecule has 110 valence electrons. The van der Waals surface area contributed by atoms with Crippen molar-refractivity contribution in [3.05, 3.63) is 55.0 Å². The molecule has 1 N–H and O–H groups in total. The summed E-state index contributed by atoms with van der Waals surface area (Å²) < 4.78 is 13.7. The molecule has 0 spiro atoms. The third-order valence-corrected chi connectivity index (χ3v) is 4.37. The summed E-state index contributed by atoms with van der Waals surface area (Å²) in [5.74, 6) is -1.59. The predicted molar refractivity (Wildman–Crippen MR) is 83.6 cm³/mol. The van der Waals surface area contributed by atoms with Gasteiger partial charge in [-0.3, -0.25) is 4.79 Å². The molecule has 9 heteroatoms. The van der Waals surface area contributed by atoms with E-state index in [0.29, 0.717) is 0 Å². The Bertz CT molecular complexity index is 738. The number of carbonyl (C=O) groups excluding carboxylic acids is 1. The third kappa shape index (κ3) is 3.35. The van der Waals surface area contributed by atoms with Crippen LogP contribution in [0.15, 0.2) is 18.2 Å². The number of nitrogens with zero attached hydrogens (tertiary/aromatic N) is 1. The molecule has 1 heterocycles. The van der Waals surface area contributed by atoms with Crippen LogP contribution in [-0.2, 0) is 0 Å². The van der Waals surface area contributed by atoms with Crippen LogP contribution in [0.25, 0.3) is 0 Å². The SMILES string of the molecule is O=C(Nc1cccc(Cl)c1F)c1nc(Cl)c(Cl)c(Cl)c1Cl. The van der Waals surface area contributed by atoms with Crippen molar-refractivity contribution < 1.29 is 9.18 Å². The smallest absolute Gasteiger partial charge is 0.276 e. The van der Waals surface area contributed by atoms with E-state index in [4.69, 9.17) is 58.0 Å². The van der Waals surface area contributed by atoms with Crippen LogP contribution in [0.1, 0.15) is 10.5 Å².